The topological polar surface area (TPSA) is 59.7 Å². The highest BCUT2D eigenvalue weighted by molar-refractivity contribution is 6.32. The molecule has 7 rings (SSSR count). The van der Waals surface area contributed by atoms with E-state index in [0.717, 1.165) is 46.7 Å². The van der Waals surface area contributed by atoms with Gasteiger partial charge in [-0.15, -0.1) is 0 Å². The SMILES string of the molecule is CCN(CC)c1ccc(C2(c3c(C)c(-c4ccccc4)n4ccccc34)OC(=O)c3nc4ccccc4nc32)c(Cl)c1. The lowest BCUT2D eigenvalue weighted by Crippen LogP contribution is -2.32. The van der Waals surface area contributed by atoms with Gasteiger partial charge in [-0.05, 0) is 68.3 Å². The minimum Gasteiger partial charge on any atom is -0.438 e. The second kappa shape index (κ2) is 10.00. The number of para-hydroxylation sites is 2. The van der Waals surface area contributed by atoms with Crippen molar-refractivity contribution >= 4 is 39.8 Å². The van der Waals surface area contributed by atoms with Crippen molar-refractivity contribution in [3.63, 3.8) is 0 Å². The van der Waals surface area contributed by atoms with Crippen LogP contribution in [0.4, 0.5) is 5.69 Å². The first-order valence-corrected chi connectivity index (χ1v) is 14.6. The number of aromatic nitrogens is 3. The summed E-state index contributed by atoms with van der Waals surface area (Å²) in [6.07, 6.45) is 2.04. The van der Waals surface area contributed by atoms with E-state index in [1.54, 1.807) is 0 Å². The van der Waals surface area contributed by atoms with Crippen LogP contribution in [0, 0.1) is 6.92 Å². The van der Waals surface area contributed by atoms with Crippen LogP contribution in [0.25, 0.3) is 27.8 Å². The Balaban J connectivity index is 1.61. The number of halogens is 1. The third kappa shape index (κ3) is 3.75. The Kier molecular flexibility index (Phi) is 6.24. The van der Waals surface area contributed by atoms with Gasteiger partial charge < -0.3 is 14.0 Å². The van der Waals surface area contributed by atoms with Crippen molar-refractivity contribution in [1.29, 1.82) is 0 Å². The molecule has 4 heterocycles. The lowest BCUT2D eigenvalue weighted by atomic mass is 9.81. The summed E-state index contributed by atoms with van der Waals surface area (Å²) in [5.74, 6) is -0.525. The number of pyridine rings is 1. The van der Waals surface area contributed by atoms with Gasteiger partial charge in [-0.3, -0.25) is 0 Å². The normalized spacial score (nSPS) is 16.1. The van der Waals surface area contributed by atoms with Crippen molar-refractivity contribution in [2.45, 2.75) is 26.4 Å². The maximum Gasteiger partial charge on any atom is 0.360 e. The first-order chi connectivity index (χ1) is 20.5. The Morgan fingerprint density at radius 2 is 1.57 bits per heavy atom. The molecule has 3 aromatic carbocycles. The molecule has 42 heavy (non-hydrogen) atoms. The summed E-state index contributed by atoms with van der Waals surface area (Å²) in [5, 5.41) is 0.492. The summed E-state index contributed by atoms with van der Waals surface area (Å²) >= 11 is 7.19. The Morgan fingerprint density at radius 1 is 0.881 bits per heavy atom. The second-order valence-corrected chi connectivity index (χ2v) is 10.9. The van der Waals surface area contributed by atoms with Crippen LogP contribution in [0.5, 0.6) is 0 Å². The number of hydrogen-bond acceptors (Lipinski definition) is 5. The average molecular weight is 573 g/mol. The van der Waals surface area contributed by atoms with E-state index in [4.69, 9.17) is 26.3 Å². The van der Waals surface area contributed by atoms with Gasteiger partial charge >= 0.3 is 5.97 Å². The van der Waals surface area contributed by atoms with Gasteiger partial charge in [-0.25, -0.2) is 14.8 Å². The molecule has 0 amide bonds. The summed E-state index contributed by atoms with van der Waals surface area (Å²) < 4.78 is 8.71. The molecular weight excluding hydrogens is 544 g/mol. The molecule has 7 heteroatoms. The molecular formula is C35H29ClN4O2. The molecule has 0 saturated heterocycles. The quantitative estimate of drug-likeness (QED) is 0.190. The summed E-state index contributed by atoms with van der Waals surface area (Å²) in [6.45, 7) is 7.99. The van der Waals surface area contributed by atoms with Gasteiger partial charge in [0.15, 0.2) is 5.69 Å². The van der Waals surface area contributed by atoms with Crippen LogP contribution in [0.3, 0.4) is 0 Å². The van der Waals surface area contributed by atoms with E-state index >= 15 is 0 Å². The van der Waals surface area contributed by atoms with E-state index in [9.17, 15) is 4.79 Å². The predicted octanol–water partition coefficient (Wildman–Crippen LogP) is 7.82. The molecule has 6 aromatic rings. The van der Waals surface area contributed by atoms with E-state index in [1.807, 2.05) is 79.0 Å². The molecule has 3 aromatic heterocycles. The highest BCUT2D eigenvalue weighted by Gasteiger charge is 2.54. The fourth-order valence-corrected chi connectivity index (χ4v) is 6.72. The molecule has 1 unspecified atom stereocenters. The van der Waals surface area contributed by atoms with Crippen molar-refractivity contribution in [3.05, 3.63) is 130 Å². The average Bonchev–Trinajstić information content (AvgIpc) is 3.47. The van der Waals surface area contributed by atoms with E-state index in [1.165, 1.54) is 0 Å². The highest BCUT2D eigenvalue weighted by atomic mass is 35.5. The van der Waals surface area contributed by atoms with Crippen LogP contribution in [0.15, 0.2) is 97.2 Å². The second-order valence-electron chi connectivity index (χ2n) is 10.5. The third-order valence-corrected chi connectivity index (χ3v) is 8.60. The standard InChI is InChI=1S/C35H29ClN4O2/c1-4-39(5-2)24-18-19-25(26(36)21-24)35(33-31(34(41)42-35)37-27-15-9-10-16-28(27)38-33)30-22(3)32(23-13-7-6-8-14-23)40-20-12-11-17-29(30)40/h6-21H,4-5H2,1-3H3. The lowest BCUT2D eigenvalue weighted by Gasteiger charge is -2.31. The van der Waals surface area contributed by atoms with Gasteiger partial charge in [-0.2, -0.15) is 0 Å². The molecule has 6 nitrogen and oxygen atoms in total. The molecule has 0 N–H and O–H groups in total. The van der Waals surface area contributed by atoms with Crippen molar-refractivity contribution in [3.8, 4) is 11.3 Å². The molecule has 0 fully saturated rings. The minimum absolute atomic E-state index is 0.202. The summed E-state index contributed by atoms with van der Waals surface area (Å²) in [5.41, 5.74) is 6.93. The number of fused-ring (bicyclic) bond motifs is 3. The van der Waals surface area contributed by atoms with Gasteiger partial charge in [0, 0.05) is 36.1 Å². The van der Waals surface area contributed by atoms with Gasteiger partial charge in [0.25, 0.3) is 0 Å². The van der Waals surface area contributed by atoms with Crippen molar-refractivity contribution in [2.24, 2.45) is 0 Å². The number of carbonyl (C=O) groups is 1. The molecule has 0 bridgehead atoms. The van der Waals surface area contributed by atoms with Crippen LogP contribution in [-0.2, 0) is 10.3 Å². The number of carbonyl (C=O) groups excluding carboxylic acids is 1. The zero-order valence-electron chi connectivity index (χ0n) is 23.6. The Hall–Kier alpha value is -4.68. The van der Waals surface area contributed by atoms with E-state index < -0.39 is 11.6 Å². The maximum atomic E-state index is 13.8. The Bertz CT molecular complexity index is 2000. The first kappa shape index (κ1) is 26.2. The molecule has 0 radical (unpaired) electrons. The Morgan fingerprint density at radius 3 is 2.29 bits per heavy atom. The lowest BCUT2D eigenvalue weighted by molar-refractivity contribution is 0.0244. The zero-order chi connectivity index (χ0) is 29.0. The first-order valence-electron chi connectivity index (χ1n) is 14.2. The summed E-state index contributed by atoms with van der Waals surface area (Å²) in [6, 6.07) is 29.8. The van der Waals surface area contributed by atoms with E-state index in [0.29, 0.717) is 27.3 Å². The number of benzene rings is 3. The molecule has 208 valence electrons. The number of cyclic esters (lactones) is 1. The fourth-order valence-electron chi connectivity index (χ4n) is 6.41. The van der Waals surface area contributed by atoms with Crippen LogP contribution in [0.1, 0.15) is 46.7 Å². The number of rotatable bonds is 6. The van der Waals surface area contributed by atoms with Crippen LogP contribution < -0.4 is 4.90 Å². The monoisotopic (exact) mass is 572 g/mol. The van der Waals surface area contributed by atoms with Gasteiger partial charge in [-0.1, -0.05) is 66.2 Å². The molecule has 0 saturated carbocycles. The van der Waals surface area contributed by atoms with Crippen molar-refractivity contribution in [1.82, 2.24) is 14.4 Å². The number of ether oxygens (including phenoxy) is 1. The zero-order valence-corrected chi connectivity index (χ0v) is 24.4. The largest absolute Gasteiger partial charge is 0.438 e. The number of hydrogen-bond donors (Lipinski definition) is 0. The summed E-state index contributed by atoms with van der Waals surface area (Å²) in [7, 11) is 0. The highest BCUT2D eigenvalue weighted by Crippen LogP contribution is 2.52. The minimum atomic E-state index is -1.42. The van der Waals surface area contributed by atoms with E-state index in [2.05, 4.69) is 48.3 Å². The maximum absolute atomic E-state index is 13.8. The molecule has 0 aliphatic carbocycles. The molecule has 1 aliphatic rings. The fraction of sp³-hybridized carbons (Fsp3) is 0.171. The van der Waals surface area contributed by atoms with Gasteiger partial charge in [0.2, 0.25) is 5.60 Å². The van der Waals surface area contributed by atoms with Crippen LogP contribution in [-0.4, -0.2) is 33.4 Å². The molecule has 1 atom stereocenters. The predicted molar refractivity (Wildman–Crippen MR) is 167 cm³/mol. The molecule has 1 aliphatic heterocycles. The summed E-state index contributed by atoms with van der Waals surface area (Å²) in [4.78, 5) is 25.9. The van der Waals surface area contributed by atoms with Crippen molar-refractivity contribution < 1.29 is 9.53 Å². The van der Waals surface area contributed by atoms with Crippen molar-refractivity contribution in [2.75, 3.05) is 18.0 Å². The third-order valence-electron chi connectivity index (χ3n) is 8.29. The number of anilines is 1. The number of nitrogens with zero attached hydrogens (tertiary/aromatic N) is 4. The van der Waals surface area contributed by atoms with E-state index in [-0.39, 0.29) is 5.69 Å². The van der Waals surface area contributed by atoms with Gasteiger partial charge in [0.1, 0.15) is 5.69 Å². The van der Waals surface area contributed by atoms with Gasteiger partial charge in [0.05, 0.1) is 27.3 Å². The Labute approximate surface area is 249 Å². The van der Waals surface area contributed by atoms with Crippen LogP contribution >= 0.6 is 11.6 Å². The number of esters is 1. The molecule has 0 spiro atoms. The van der Waals surface area contributed by atoms with Crippen LogP contribution in [0.2, 0.25) is 5.02 Å². The smallest absolute Gasteiger partial charge is 0.360 e.